The van der Waals surface area contributed by atoms with Crippen molar-refractivity contribution in [1.82, 2.24) is 0 Å². The first-order chi connectivity index (χ1) is 5.26. The Hall–Kier alpha value is -0.660. The van der Waals surface area contributed by atoms with Crippen LogP contribution in [0.1, 0.15) is 25.7 Å². The van der Waals surface area contributed by atoms with Crippen LogP contribution < -0.4 is 0 Å². The zero-order valence-electron chi connectivity index (χ0n) is 6.30. The molecule has 0 N–H and O–H groups in total. The van der Waals surface area contributed by atoms with E-state index in [0.29, 0.717) is 0 Å². The number of carbonyl (C=O) groups is 2. The Kier molecular flexibility index (Phi) is 0.768. The highest BCUT2D eigenvalue weighted by atomic mass is 16.2. The average molecular weight is 150 g/mol. The minimum absolute atomic E-state index is 0.0428. The van der Waals surface area contributed by atoms with Crippen LogP contribution in [0.2, 0.25) is 0 Å². The molecule has 0 aromatic heterocycles. The van der Waals surface area contributed by atoms with Crippen molar-refractivity contribution in [3.63, 3.8) is 0 Å². The van der Waals surface area contributed by atoms with Crippen molar-refractivity contribution in [2.75, 3.05) is 0 Å². The molecule has 0 aromatic rings. The molecule has 3 rings (SSSR count). The molecule has 11 heavy (non-hydrogen) atoms. The van der Waals surface area contributed by atoms with Crippen molar-refractivity contribution in [3.05, 3.63) is 0 Å². The van der Waals surface area contributed by atoms with Crippen LogP contribution in [0, 0.1) is 17.3 Å². The van der Waals surface area contributed by atoms with E-state index in [1.807, 2.05) is 0 Å². The first kappa shape index (κ1) is 5.92. The second-order valence-corrected chi connectivity index (χ2v) is 4.14. The SMILES string of the molecule is O=C1C(=O)[C@@H]2CC[C@H]1C21CC1. The van der Waals surface area contributed by atoms with Crippen molar-refractivity contribution in [1.29, 1.82) is 0 Å². The highest BCUT2D eigenvalue weighted by Gasteiger charge is 2.69. The molecule has 2 heteroatoms. The number of hydrogen-bond acceptors (Lipinski definition) is 2. The molecule has 0 saturated heterocycles. The molecular weight excluding hydrogens is 140 g/mol. The summed E-state index contributed by atoms with van der Waals surface area (Å²) in [5.41, 5.74) is 0.216. The van der Waals surface area contributed by atoms with Gasteiger partial charge in [-0.1, -0.05) is 0 Å². The van der Waals surface area contributed by atoms with Gasteiger partial charge < -0.3 is 0 Å². The zero-order chi connectivity index (χ0) is 7.64. The van der Waals surface area contributed by atoms with E-state index in [1.54, 1.807) is 0 Å². The standard InChI is InChI=1S/C9H10O2/c10-7-5-1-2-6(8(7)11)9(5)3-4-9/h5-6H,1-4H2/t5-,6+. The molecule has 3 fully saturated rings. The Labute approximate surface area is 65.0 Å². The molecule has 0 radical (unpaired) electrons. The molecule has 0 unspecified atom stereocenters. The minimum Gasteiger partial charge on any atom is -0.291 e. The Morgan fingerprint density at radius 2 is 1.45 bits per heavy atom. The Morgan fingerprint density at radius 1 is 1.00 bits per heavy atom. The van der Waals surface area contributed by atoms with E-state index in [0.717, 1.165) is 25.7 Å². The summed E-state index contributed by atoms with van der Waals surface area (Å²) in [6.45, 7) is 0. The minimum atomic E-state index is -0.0428. The molecule has 2 nitrogen and oxygen atoms in total. The normalized spacial score (nSPS) is 44.0. The summed E-state index contributed by atoms with van der Waals surface area (Å²) in [6, 6.07) is 0. The van der Waals surface area contributed by atoms with E-state index >= 15 is 0 Å². The van der Waals surface area contributed by atoms with Gasteiger partial charge in [0.2, 0.25) is 11.6 Å². The van der Waals surface area contributed by atoms with Gasteiger partial charge in [0.05, 0.1) is 0 Å². The van der Waals surface area contributed by atoms with Crippen LogP contribution >= 0.6 is 0 Å². The average Bonchev–Trinajstić information content (AvgIpc) is 2.60. The lowest BCUT2D eigenvalue weighted by atomic mass is 9.94. The number of Topliss-reactive ketones (excluding diaryl/α,β-unsaturated/α-hetero) is 2. The quantitative estimate of drug-likeness (QED) is 0.482. The summed E-state index contributed by atoms with van der Waals surface area (Å²) in [7, 11) is 0. The predicted octanol–water partition coefficient (Wildman–Crippen LogP) is 0.945. The van der Waals surface area contributed by atoms with Gasteiger partial charge in [-0.3, -0.25) is 9.59 Å². The van der Waals surface area contributed by atoms with Gasteiger partial charge in [-0.2, -0.15) is 0 Å². The lowest BCUT2D eigenvalue weighted by molar-refractivity contribution is -0.138. The first-order valence-corrected chi connectivity index (χ1v) is 4.34. The molecule has 2 atom stereocenters. The van der Waals surface area contributed by atoms with Gasteiger partial charge in [-0.15, -0.1) is 0 Å². The van der Waals surface area contributed by atoms with Gasteiger partial charge in [0.15, 0.2) is 0 Å². The van der Waals surface area contributed by atoms with Crippen LogP contribution in [0.15, 0.2) is 0 Å². The lowest BCUT2D eigenvalue weighted by Gasteiger charge is -2.07. The highest BCUT2D eigenvalue weighted by molar-refractivity contribution is 6.42. The maximum atomic E-state index is 11.3. The highest BCUT2D eigenvalue weighted by Crippen LogP contribution is 2.68. The first-order valence-electron chi connectivity index (χ1n) is 4.34. The fourth-order valence-electron chi connectivity index (χ4n) is 3.12. The molecule has 2 bridgehead atoms. The molecule has 0 heterocycles. The summed E-state index contributed by atoms with van der Waals surface area (Å²) < 4.78 is 0. The van der Waals surface area contributed by atoms with E-state index in [-0.39, 0.29) is 28.8 Å². The molecule has 0 amide bonds. The summed E-state index contributed by atoms with van der Waals surface area (Å²) >= 11 is 0. The van der Waals surface area contributed by atoms with Crippen molar-refractivity contribution in [2.45, 2.75) is 25.7 Å². The molecular formula is C9H10O2. The topological polar surface area (TPSA) is 34.1 Å². The van der Waals surface area contributed by atoms with E-state index in [1.165, 1.54) is 0 Å². The third-order valence-electron chi connectivity index (χ3n) is 3.84. The van der Waals surface area contributed by atoms with Crippen LogP contribution in [0.4, 0.5) is 0 Å². The lowest BCUT2D eigenvalue weighted by Crippen LogP contribution is -2.20. The van der Waals surface area contributed by atoms with E-state index in [4.69, 9.17) is 0 Å². The zero-order valence-corrected chi connectivity index (χ0v) is 6.30. The predicted molar refractivity (Wildman–Crippen MR) is 37.9 cm³/mol. The molecule has 1 spiro atoms. The van der Waals surface area contributed by atoms with Crippen LogP contribution in [0.25, 0.3) is 0 Å². The maximum Gasteiger partial charge on any atom is 0.202 e. The van der Waals surface area contributed by atoms with Gasteiger partial charge in [-0.05, 0) is 31.1 Å². The van der Waals surface area contributed by atoms with Crippen LogP contribution in [0.3, 0.4) is 0 Å². The van der Waals surface area contributed by atoms with E-state index in [2.05, 4.69) is 0 Å². The summed E-state index contributed by atoms with van der Waals surface area (Å²) in [6.07, 6.45) is 4.27. The van der Waals surface area contributed by atoms with Crippen molar-refractivity contribution in [2.24, 2.45) is 17.3 Å². The van der Waals surface area contributed by atoms with Crippen LogP contribution in [-0.2, 0) is 9.59 Å². The van der Waals surface area contributed by atoms with Crippen molar-refractivity contribution >= 4 is 11.6 Å². The molecule has 3 aliphatic carbocycles. The third kappa shape index (κ3) is 0.453. The van der Waals surface area contributed by atoms with Gasteiger partial charge in [0, 0.05) is 11.8 Å². The van der Waals surface area contributed by atoms with E-state index < -0.39 is 0 Å². The summed E-state index contributed by atoms with van der Waals surface area (Å²) in [5, 5.41) is 0. The molecule has 0 aromatic carbocycles. The fraction of sp³-hybridized carbons (Fsp3) is 0.778. The Balaban J connectivity index is 2.14. The van der Waals surface area contributed by atoms with E-state index in [9.17, 15) is 9.59 Å². The van der Waals surface area contributed by atoms with Crippen LogP contribution in [-0.4, -0.2) is 11.6 Å². The fourth-order valence-corrected chi connectivity index (χ4v) is 3.12. The molecule has 58 valence electrons. The summed E-state index contributed by atoms with van der Waals surface area (Å²) in [5.74, 6) is 0.220. The largest absolute Gasteiger partial charge is 0.291 e. The number of carbonyl (C=O) groups excluding carboxylic acids is 2. The second kappa shape index (κ2) is 1.43. The molecule has 3 saturated carbocycles. The number of rotatable bonds is 0. The smallest absolute Gasteiger partial charge is 0.202 e. The maximum absolute atomic E-state index is 11.3. The number of ketones is 2. The van der Waals surface area contributed by atoms with Gasteiger partial charge >= 0.3 is 0 Å². The van der Waals surface area contributed by atoms with Gasteiger partial charge in [0.1, 0.15) is 0 Å². The summed E-state index contributed by atoms with van der Waals surface area (Å²) in [4.78, 5) is 22.5. The number of hydrogen-bond donors (Lipinski definition) is 0. The second-order valence-electron chi connectivity index (χ2n) is 4.14. The van der Waals surface area contributed by atoms with Crippen molar-refractivity contribution < 1.29 is 9.59 Å². The molecule has 3 aliphatic rings. The van der Waals surface area contributed by atoms with Gasteiger partial charge in [0.25, 0.3) is 0 Å². The Morgan fingerprint density at radius 3 is 1.73 bits per heavy atom. The third-order valence-corrected chi connectivity index (χ3v) is 3.84. The molecule has 0 aliphatic heterocycles. The van der Waals surface area contributed by atoms with Gasteiger partial charge in [-0.25, -0.2) is 0 Å². The van der Waals surface area contributed by atoms with Crippen molar-refractivity contribution in [3.8, 4) is 0 Å². The van der Waals surface area contributed by atoms with Crippen LogP contribution in [0.5, 0.6) is 0 Å². The Bertz CT molecular complexity index is 239. The monoisotopic (exact) mass is 150 g/mol.